The maximum absolute atomic E-state index is 12.6. The van der Waals surface area contributed by atoms with Crippen molar-refractivity contribution in [2.24, 2.45) is 0 Å². The Balaban J connectivity index is 2.14. The summed E-state index contributed by atoms with van der Waals surface area (Å²) in [6.45, 7) is 11.7. The average Bonchev–Trinajstić information content (AvgIpc) is 2.68. The lowest BCUT2D eigenvalue weighted by molar-refractivity contribution is -0.138. The lowest BCUT2D eigenvalue weighted by atomic mass is 9.98. The van der Waals surface area contributed by atoms with E-state index in [1.54, 1.807) is 6.92 Å². The molecule has 0 aliphatic carbocycles. The van der Waals surface area contributed by atoms with Crippen LogP contribution in [-0.4, -0.2) is 27.6 Å². The van der Waals surface area contributed by atoms with Crippen LogP contribution < -0.4 is 4.72 Å². The van der Waals surface area contributed by atoms with E-state index in [1.165, 1.54) is 5.56 Å². The van der Waals surface area contributed by atoms with Crippen LogP contribution in [0.25, 0.3) is 11.1 Å². The van der Waals surface area contributed by atoms with Gasteiger partial charge in [-0.05, 0) is 57.2 Å². The van der Waals surface area contributed by atoms with Gasteiger partial charge < -0.3 is 4.74 Å². The van der Waals surface area contributed by atoms with Gasteiger partial charge in [0.25, 0.3) is 0 Å². The van der Waals surface area contributed by atoms with Crippen molar-refractivity contribution in [2.75, 3.05) is 6.61 Å². The zero-order chi connectivity index (χ0) is 21.4. The molecule has 0 aromatic heterocycles. The quantitative estimate of drug-likeness (QED) is 0.473. The number of nitrogens with one attached hydrogen (secondary N) is 1. The Hall–Kier alpha value is -2.24. The molecule has 2 aromatic rings. The Kier molecular flexibility index (Phi) is 8.35. The van der Waals surface area contributed by atoms with E-state index in [1.807, 2.05) is 39.0 Å². The predicted molar refractivity (Wildman–Crippen MR) is 121 cm³/mol. The summed E-state index contributed by atoms with van der Waals surface area (Å²) in [6.07, 6.45) is 1.01. The van der Waals surface area contributed by atoms with Crippen LogP contribution >= 0.6 is 0 Å². The van der Waals surface area contributed by atoms with E-state index in [4.69, 9.17) is 4.74 Å². The molecule has 2 rings (SSSR count). The second-order valence-corrected chi connectivity index (χ2v) is 9.99. The van der Waals surface area contributed by atoms with Crippen molar-refractivity contribution < 1.29 is 13.7 Å². The maximum atomic E-state index is 12.6. The molecule has 0 amide bonds. The van der Waals surface area contributed by atoms with Crippen molar-refractivity contribution in [2.45, 2.75) is 51.3 Å². The first-order chi connectivity index (χ1) is 13.7. The average molecular weight is 414 g/mol. The van der Waals surface area contributed by atoms with Crippen LogP contribution in [-0.2, 0) is 26.9 Å². The van der Waals surface area contributed by atoms with Crippen molar-refractivity contribution in [1.29, 1.82) is 0 Å². The first-order valence-electron chi connectivity index (χ1n) is 9.88. The Morgan fingerprint density at radius 1 is 1.07 bits per heavy atom. The fourth-order valence-electron chi connectivity index (χ4n) is 2.85. The van der Waals surface area contributed by atoms with Gasteiger partial charge in [-0.15, -0.1) is 0 Å². The number of carbonyl (C=O) groups is 1. The van der Waals surface area contributed by atoms with Gasteiger partial charge in [0.15, 0.2) is 0 Å². The minimum atomic E-state index is -1.25. The van der Waals surface area contributed by atoms with Crippen molar-refractivity contribution in [3.05, 3.63) is 72.3 Å². The molecule has 0 fully saturated rings. The fraction of sp³-hybridized carbons (Fsp3) is 0.375. The molecule has 0 aliphatic heterocycles. The predicted octanol–water partition coefficient (Wildman–Crippen LogP) is 4.83. The second-order valence-electron chi connectivity index (χ2n) is 7.99. The van der Waals surface area contributed by atoms with Gasteiger partial charge in [-0.1, -0.05) is 61.2 Å². The van der Waals surface area contributed by atoms with Crippen LogP contribution in [0.4, 0.5) is 0 Å². The topological polar surface area (TPSA) is 55.4 Å². The molecule has 0 heterocycles. The summed E-state index contributed by atoms with van der Waals surface area (Å²) in [4.78, 5) is 12.0. The highest BCUT2D eigenvalue weighted by molar-refractivity contribution is 7.84. The van der Waals surface area contributed by atoms with Gasteiger partial charge in [-0.3, -0.25) is 0 Å². The molecule has 156 valence electrons. The summed E-state index contributed by atoms with van der Waals surface area (Å²) in [6, 6.07) is 18.3. The van der Waals surface area contributed by atoms with E-state index >= 15 is 0 Å². The molecule has 0 saturated carbocycles. The molecule has 2 atom stereocenters. The van der Waals surface area contributed by atoms with Gasteiger partial charge in [-0.2, -0.15) is 0 Å². The highest BCUT2D eigenvalue weighted by Crippen LogP contribution is 2.21. The smallest absolute Gasteiger partial charge is 0.333 e. The summed E-state index contributed by atoms with van der Waals surface area (Å²) < 4.78 is 20.5. The fourth-order valence-corrected chi connectivity index (χ4v) is 3.67. The number of ether oxygens (including phenoxy) is 1. The van der Waals surface area contributed by atoms with Gasteiger partial charge in [-0.25, -0.2) is 13.7 Å². The molecule has 0 bridgehead atoms. The third-order valence-corrected chi connectivity index (χ3v) is 6.09. The number of rotatable bonds is 9. The zero-order valence-corrected chi connectivity index (χ0v) is 18.6. The molecule has 0 aliphatic rings. The maximum Gasteiger partial charge on any atom is 0.333 e. The molecule has 1 unspecified atom stereocenters. The zero-order valence-electron chi connectivity index (χ0n) is 17.7. The van der Waals surface area contributed by atoms with Crippen molar-refractivity contribution in [1.82, 2.24) is 4.72 Å². The molecule has 1 N–H and O–H groups in total. The first kappa shape index (κ1) is 23.0. The van der Waals surface area contributed by atoms with E-state index in [0.717, 1.165) is 11.1 Å². The first-order valence-corrected chi connectivity index (χ1v) is 11.0. The normalized spacial score (nSPS) is 13.5. The van der Waals surface area contributed by atoms with Crippen LogP contribution in [0.3, 0.4) is 0 Å². The minimum Gasteiger partial charge on any atom is -0.463 e. The third-order valence-electron chi connectivity index (χ3n) is 4.43. The Bertz CT molecular complexity index is 839. The molecule has 0 radical (unpaired) electrons. The van der Waals surface area contributed by atoms with E-state index in [9.17, 15) is 9.00 Å². The standard InChI is InChI=1S/C24H31NO3S/c1-6-28-23(26)18(2)16-22(25-29(27)24(3,4)5)17-19-12-14-21(15-13-19)20-10-8-7-9-11-20/h7-15,22,25H,2,6,16-17H2,1,3-5H3/t22-,29?/m0/s1. The van der Waals surface area contributed by atoms with Crippen LogP contribution in [0.2, 0.25) is 0 Å². The van der Waals surface area contributed by atoms with Gasteiger partial charge in [0.05, 0.1) is 22.3 Å². The molecule has 4 nitrogen and oxygen atoms in total. The Morgan fingerprint density at radius 3 is 2.21 bits per heavy atom. The Morgan fingerprint density at radius 2 is 1.66 bits per heavy atom. The van der Waals surface area contributed by atoms with Crippen LogP contribution in [0.5, 0.6) is 0 Å². The van der Waals surface area contributed by atoms with Crippen LogP contribution in [0, 0.1) is 0 Å². The Labute approximate surface area is 177 Å². The molecular formula is C24H31NO3S. The number of hydrogen-bond donors (Lipinski definition) is 1. The largest absolute Gasteiger partial charge is 0.463 e. The number of benzene rings is 2. The minimum absolute atomic E-state index is 0.186. The van der Waals surface area contributed by atoms with Crippen molar-refractivity contribution in [3.8, 4) is 11.1 Å². The van der Waals surface area contributed by atoms with Gasteiger partial charge in [0, 0.05) is 11.6 Å². The number of hydrogen-bond acceptors (Lipinski definition) is 3. The highest BCUT2D eigenvalue weighted by atomic mass is 32.2. The summed E-state index contributed by atoms with van der Waals surface area (Å²) >= 11 is 0. The molecule has 2 aromatic carbocycles. The number of esters is 1. The van der Waals surface area contributed by atoms with Gasteiger partial charge in [0.2, 0.25) is 0 Å². The van der Waals surface area contributed by atoms with Crippen molar-refractivity contribution in [3.63, 3.8) is 0 Å². The SMILES string of the molecule is C=C(C[C@@H](Cc1ccc(-c2ccccc2)cc1)NS(=O)C(C)(C)C)C(=O)OCC. The monoisotopic (exact) mass is 413 g/mol. The summed E-state index contributed by atoms with van der Waals surface area (Å²) in [7, 11) is -1.25. The van der Waals surface area contributed by atoms with Crippen LogP contribution in [0.15, 0.2) is 66.7 Å². The second kappa shape index (κ2) is 10.5. The molecule has 0 spiro atoms. The lowest BCUT2D eigenvalue weighted by Gasteiger charge is -2.25. The molecule has 0 saturated heterocycles. The van der Waals surface area contributed by atoms with E-state index in [-0.39, 0.29) is 6.04 Å². The summed E-state index contributed by atoms with van der Waals surface area (Å²) in [5.74, 6) is -0.403. The van der Waals surface area contributed by atoms with E-state index in [2.05, 4.69) is 47.7 Å². The summed E-state index contributed by atoms with van der Waals surface area (Å²) in [5.41, 5.74) is 3.80. The van der Waals surface area contributed by atoms with Gasteiger partial charge >= 0.3 is 5.97 Å². The van der Waals surface area contributed by atoms with Crippen molar-refractivity contribution >= 4 is 17.0 Å². The molecular weight excluding hydrogens is 382 g/mol. The van der Waals surface area contributed by atoms with E-state index in [0.29, 0.717) is 25.0 Å². The summed E-state index contributed by atoms with van der Waals surface area (Å²) in [5, 5.41) is 0. The molecule has 29 heavy (non-hydrogen) atoms. The third kappa shape index (κ3) is 7.26. The lowest BCUT2D eigenvalue weighted by Crippen LogP contribution is -2.41. The van der Waals surface area contributed by atoms with E-state index < -0.39 is 21.7 Å². The number of carbonyl (C=O) groups excluding carboxylic acids is 1. The van der Waals surface area contributed by atoms with Crippen LogP contribution in [0.1, 0.15) is 39.7 Å². The van der Waals surface area contributed by atoms with Gasteiger partial charge in [0.1, 0.15) is 0 Å². The highest BCUT2D eigenvalue weighted by Gasteiger charge is 2.24. The molecule has 5 heteroatoms.